The van der Waals surface area contributed by atoms with Crippen molar-refractivity contribution in [3.8, 4) is 11.1 Å². The van der Waals surface area contributed by atoms with Gasteiger partial charge in [0.15, 0.2) is 0 Å². The maximum absolute atomic E-state index is 13.1. The van der Waals surface area contributed by atoms with E-state index in [2.05, 4.69) is 4.90 Å². The van der Waals surface area contributed by atoms with Crippen LogP contribution in [0.1, 0.15) is 23.6 Å². The fourth-order valence-corrected chi connectivity index (χ4v) is 4.92. The summed E-state index contributed by atoms with van der Waals surface area (Å²) in [7, 11) is 0. The second-order valence-electron chi connectivity index (χ2n) is 7.75. The van der Waals surface area contributed by atoms with Crippen molar-refractivity contribution in [1.82, 2.24) is 4.90 Å². The minimum Gasteiger partial charge on any atom is -0.616 e. The first-order chi connectivity index (χ1) is 14.9. The van der Waals surface area contributed by atoms with Crippen LogP contribution in [0.15, 0.2) is 42.5 Å². The summed E-state index contributed by atoms with van der Waals surface area (Å²) in [4.78, 5) is 2.19. The third-order valence-corrected chi connectivity index (χ3v) is 6.94. The second-order valence-corrected chi connectivity index (χ2v) is 9.45. The molecule has 0 aliphatic carbocycles. The topological polar surface area (TPSA) is 46.5 Å². The number of rotatable bonds is 5. The molecule has 0 bridgehead atoms. The Hall–Kier alpha value is -1.75. The molecule has 1 aliphatic rings. The maximum atomic E-state index is 13.1. The third kappa shape index (κ3) is 4.93. The average molecular weight is 479 g/mol. The van der Waals surface area contributed by atoms with Crippen LogP contribution in [-0.2, 0) is 29.7 Å². The maximum Gasteiger partial charge on any atom is 0.430 e. The molecule has 176 valence electrons. The van der Waals surface area contributed by atoms with Gasteiger partial charge >= 0.3 is 12.4 Å². The number of aliphatic hydroxyl groups is 1. The van der Waals surface area contributed by atoms with Crippen LogP contribution in [0.3, 0.4) is 0 Å². The van der Waals surface area contributed by atoms with Crippen LogP contribution < -0.4 is 0 Å². The molecule has 1 heterocycles. The van der Waals surface area contributed by atoms with Crippen LogP contribution in [0.25, 0.3) is 11.1 Å². The van der Waals surface area contributed by atoms with Gasteiger partial charge in [-0.2, -0.15) is 26.3 Å². The van der Waals surface area contributed by atoms with Gasteiger partial charge in [-0.3, -0.25) is 4.90 Å². The molecule has 2 aromatic rings. The second kappa shape index (κ2) is 9.24. The summed E-state index contributed by atoms with van der Waals surface area (Å²) in [6.07, 6.45) is -11.2. The molecule has 0 atom stereocenters. The summed E-state index contributed by atoms with van der Waals surface area (Å²) in [5.41, 5.74) is -3.13. The van der Waals surface area contributed by atoms with Crippen molar-refractivity contribution in [3.05, 3.63) is 59.2 Å². The lowest BCUT2D eigenvalue weighted by atomic mass is 9.89. The van der Waals surface area contributed by atoms with Crippen LogP contribution in [0.5, 0.6) is 0 Å². The molecule has 3 rings (SSSR count). The Morgan fingerprint density at radius 2 is 1.50 bits per heavy atom. The van der Waals surface area contributed by atoms with E-state index in [0.29, 0.717) is 47.7 Å². The molecule has 1 aliphatic heterocycles. The van der Waals surface area contributed by atoms with Crippen LogP contribution >= 0.6 is 0 Å². The molecular formula is C22H23F6NO2S. The number of hydrogen-bond donors (Lipinski definition) is 1. The molecule has 1 saturated heterocycles. The molecule has 3 nitrogen and oxygen atoms in total. The zero-order valence-corrected chi connectivity index (χ0v) is 18.1. The van der Waals surface area contributed by atoms with E-state index >= 15 is 0 Å². The molecule has 0 saturated carbocycles. The molecule has 0 amide bonds. The lowest BCUT2D eigenvalue weighted by Gasteiger charge is -2.32. The van der Waals surface area contributed by atoms with Crippen LogP contribution in [0, 0.1) is 0 Å². The van der Waals surface area contributed by atoms with Crippen LogP contribution in [0.4, 0.5) is 26.3 Å². The van der Waals surface area contributed by atoms with Crippen molar-refractivity contribution in [2.75, 3.05) is 24.6 Å². The molecule has 2 aromatic carbocycles. The predicted molar refractivity (Wildman–Crippen MR) is 110 cm³/mol. The largest absolute Gasteiger partial charge is 0.616 e. The SMILES string of the molecule is CCc1cc(CN2CC[S+]([O-])CC2)ccc1-c1ccc(C(O)(C(F)(F)F)C(F)(F)F)cc1. The average Bonchev–Trinajstić information content (AvgIpc) is 2.73. The molecule has 0 spiro atoms. The van der Waals surface area contributed by atoms with Crippen molar-refractivity contribution in [2.24, 2.45) is 0 Å². The monoisotopic (exact) mass is 479 g/mol. The van der Waals surface area contributed by atoms with Crippen LogP contribution in [0.2, 0.25) is 0 Å². The summed E-state index contributed by atoms with van der Waals surface area (Å²) in [6.45, 7) is 4.05. The van der Waals surface area contributed by atoms with E-state index in [4.69, 9.17) is 0 Å². The van der Waals surface area contributed by atoms with Crippen molar-refractivity contribution in [3.63, 3.8) is 0 Å². The van der Waals surface area contributed by atoms with Gasteiger partial charge in [-0.05, 0) is 28.7 Å². The van der Waals surface area contributed by atoms with Gasteiger partial charge in [0.25, 0.3) is 5.60 Å². The van der Waals surface area contributed by atoms with Gasteiger partial charge in [-0.15, -0.1) is 0 Å². The summed E-state index contributed by atoms with van der Waals surface area (Å²) in [5, 5.41) is 9.55. The van der Waals surface area contributed by atoms with Gasteiger partial charge in [0.1, 0.15) is 11.5 Å². The molecule has 10 heteroatoms. The Kier molecular flexibility index (Phi) is 7.19. The van der Waals surface area contributed by atoms with Gasteiger partial charge in [-0.1, -0.05) is 60.6 Å². The molecule has 0 unspecified atom stereocenters. The van der Waals surface area contributed by atoms with E-state index in [1.165, 1.54) is 0 Å². The third-order valence-electron chi connectivity index (χ3n) is 5.66. The Morgan fingerprint density at radius 3 is 2.00 bits per heavy atom. The van der Waals surface area contributed by atoms with E-state index in [1.807, 2.05) is 19.1 Å². The van der Waals surface area contributed by atoms with E-state index in [1.54, 1.807) is 6.07 Å². The minimum absolute atomic E-state index is 0.456. The van der Waals surface area contributed by atoms with Crippen molar-refractivity contribution in [1.29, 1.82) is 0 Å². The molecular weight excluding hydrogens is 456 g/mol. The van der Waals surface area contributed by atoms with Crippen molar-refractivity contribution >= 4 is 11.2 Å². The van der Waals surface area contributed by atoms with Crippen molar-refractivity contribution < 1.29 is 36.0 Å². The zero-order valence-electron chi connectivity index (χ0n) is 17.3. The quantitative estimate of drug-likeness (QED) is 0.496. The molecule has 0 aromatic heterocycles. The van der Waals surface area contributed by atoms with E-state index < -0.39 is 34.7 Å². The number of nitrogens with zero attached hydrogens (tertiary/aromatic N) is 1. The molecule has 1 fully saturated rings. The van der Waals surface area contributed by atoms with Crippen LogP contribution in [-0.4, -0.2) is 51.5 Å². The number of aryl methyl sites for hydroxylation is 1. The molecule has 32 heavy (non-hydrogen) atoms. The minimum atomic E-state index is -5.91. The van der Waals surface area contributed by atoms with Crippen molar-refractivity contribution in [2.45, 2.75) is 37.8 Å². The first-order valence-corrected chi connectivity index (χ1v) is 11.5. The number of halogens is 6. The molecule has 0 radical (unpaired) electrons. The Labute approximate surface area is 185 Å². The highest BCUT2D eigenvalue weighted by Gasteiger charge is 2.71. The Bertz CT molecular complexity index is 907. The Morgan fingerprint density at radius 1 is 0.938 bits per heavy atom. The zero-order chi connectivity index (χ0) is 23.7. The van der Waals surface area contributed by atoms with E-state index in [9.17, 15) is 36.0 Å². The Balaban J connectivity index is 1.87. The first kappa shape index (κ1) is 24.9. The fraction of sp³-hybridized carbons (Fsp3) is 0.455. The number of alkyl halides is 6. The highest BCUT2D eigenvalue weighted by molar-refractivity contribution is 7.91. The van der Waals surface area contributed by atoms with E-state index in [-0.39, 0.29) is 0 Å². The highest BCUT2D eigenvalue weighted by Crippen LogP contribution is 2.50. The number of hydrogen-bond acceptors (Lipinski definition) is 3. The molecule has 1 N–H and O–H groups in total. The first-order valence-electron chi connectivity index (χ1n) is 10.0. The fourth-order valence-electron chi connectivity index (χ4n) is 3.79. The van der Waals surface area contributed by atoms with Gasteiger partial charge < -0.3 is 9.66 Å². The standard InChI is InChI=1S/C22H23F6NO2S/c1-2-16-13-15(14-29-9-11-32(31)12-10-29)3-8-19(16)17-4-6-18(7-5-17)20(30,21(23,24)25)22(26,27)28/h3-8,13,30H,2,9-12,14H2,1H3. The number of benzene rings is 2. The normalized spacial score (nSPS) is 17.0. The summed E-state index contributed by atoms with van der Waals surface area (Å²) < 4.78 is 90.1. The van der Waals surface area contributed by atoms with Gasteiger partial charge in [0.05, 0.1) is 0 Å². The lowest BCUT2D eigenvalue weighted by Crippen LogP contribution is -2.53. The van der Waals surface area contributed by atoms with Gasteiger partial charge in [0, 0.05) is 25.2 Å². The predicted octanol–water partition coefficient (Wildman–Crippen LogP) is 4.79. The highest BCUT2D eigenvalue weighted by atomic mass is 32.2. The van der Waals surface area contributed by atoms with E-state index in [0.717, 1.165) is 36.3 Å². The summed E-state index contributed by atoms with van der Waals surface area (Å²) >= 11 is -0.774. The summed E-state index contributed by atoms with van der Waals surface area (Å²) in [6, 6.07) is 9.28. The summed E-state index contributed by atoms with van der Waals surface area (Å²) in [5.74, 6) is 1.26. The smallest absolute Gasteiger partial charge is 0.430 e. The lowest BCUT2D eigenvalue weighted by molar-refractivity contribution is -0.376. The van der Waals surface area contributed by atoms with Gasteiger partial charge in [-0.25, -0.2) is 0 Å². The van der Waals surface area contributed by atoms with Gasteiger partial charge in [0.2, 0.25) is 0 Å².